The van der Waals surface area contributed by atoms with Crippen molar-refractivity contribution in [3.05, 3.63) is 130 Å². The minimum Gasteiger partial charge on any atom is -0.497 e. The molecule has 0 aromatic heterocycles. The van der Waals surface area contributed by atoms with Crippen molar-refractivity contribution in [2.45, 2.75) is 30.9 Å². The quantitative estimate of drug-likeness (QED) is 0.117. The van der Waals surface area contributed by atoms with E-state index in [1.54, 1.807) is 37.4 Å². The van der Waals surface area contributed by atoms with Crippen LogP contribution in [0.4, 0.5) is 4.39 Å². The molecule has 0 radical (unpaired) electrons. The highest BCUT2D eigenvalue weighted by molar-refractivity contribution is 9.10. The highest BCUT2D eigenvalue weighted by atomic mass is 79.9. The molecule has 234 valence electrons. The molecule has 1 heterocycles. The number of aliphatic hydroxyl groups excluding tert-OH is 1. The Kier molecular flexibility index (Phi) is 10.8. The molecule has 0 saturated heterocycles. The van der Waals surface area contributed by atoms with Gasteiger partial charge in [-0.25, -0.2) is 14.8 Å². The first-order valence-electron chi connectivity index (χ1n) is 14.7. The van der Waals surface area contributed by atoms with E-state index in [-0.39, 0.29) is 18.8 Å². The summed E-state index contributed by atoms with van der Waals surface area (Å²) in [5.41, 5.74) is 7.19. The van der Waals surface area contributed by atoms with Crippen molar-refractivity contribution >= 4 is 27.7 Å². The van der Waals surface area contributed by atoms with Crippen LogP contribution in [0.5, 0.6) is 11.5 Å². The Balaban J connectivity index is 1.50. The van der Waals surface area contributed by atoms with E-state index in [0.29, 0.717) is 60.1 Å². The van der Waals surface area contributed by atoms with Gasteiger partial charge in [-0.1, -0.05) is 64.5 Å². The number of aliphatic hydroxyl groups is 1. The van der Waals surface area contributed by atoms with Crippen LogP contribution in [-0.4, -0.2) is 49.3 Å². The lowest BCUT2D eigenvalue weighted by molar-refractivity contribution is -0.130. The van der Waals surface area contributed by atoms with Gasteiger partial charge >= 0.3 is 0 Å². The molecular formula is C35H35BrFN3O5. The van der Waals surface area contributed by atoms with Crippen molar-refractivity contribution in [3.8, 4) is 11.5 Å². The normalized spacial score (nSPS) is 17.3. The third-order valence-corrected chi connectivity index (χ3v) is 8.30. The van der Waals surface area contributed by atoms with Crippen LogP contribution < -0.4 is 20.3 Å². The molecule has 0 aliphatic carbocycles. The monoisotopic (exact) mass is 675 g/mol. The average Bonchev–Trinajstić information content (AvgIpc) is 3.46. The zero-order valence-corrected chi connectivity index (χ0v) is 26.4. The van der Waals surface area contributed by atoms with Crippen LogP contribution in [0.3, 0.4) is 0 Å². The number of methoxy groups -OCH3 is 1. The fourth-order valence-corrected chi connectivity index (χ4v) is 5.59. The number of amides is 1. The minimum absolute atomic E-state index is 0.0497. The summed E-state index contributed by atoms with van der Waals surface area (Å²) in [7, 11) is 1.58. The topological polar surface area (TPSA) is 101 Å². The van der Waals surface area contributed by atoms with Crippen LogP contribution >= 0.6 is 15.9 Å². The van der Waals surface area contributed by atoms with E-state index in [4.69, 9.17) is 24.3 Å². The number of carbonyl (C=O) groups excluding carboxylic acids is 1. The molecule has 0 fully saturated rings. The van der Waals surface area contributed by atoms with Gasteiger partial charge in [0.2, 0.25) is 5.90 Å². The van der Waals surface area contributed by atoms with Gasteiger partial charge in [-0.05, 0) is 71.6 Å². The summed E-state index contributed by atoms with van der Waals surface area (Å²) in [4.78, 5) is 19.4. The van der Waals surface area contributed by atoms with Gasteiger partial charge in [0.25, 0.3) is 5.91 Å². The second-order valence-electron chi connectivity index (χ2n) is 10.6. The molecule has 0 bridgehead atoms. The number of aliphatic imine (C=N–C) groups is 1. The smallest absolute Gasteiger partial charge is 0.266 e. The maximum absolute atomic E-state index is 14.4. The van der Waals surface area contributed by atoms with Crippen molar-refractivity contribution in [1.82, 2.24) is 10.9 Å². The lowest BCUT2D eigenvalue weighted by Gasteiger charge is -2.31. The van der Waals surface area contributed by atoms with Crippen molar-refractivity contribution in [2.75, 3.05) is 26.9 Å². The van der Waals surface area contributed by atoms with Gasteiger partial charge in [-0.15, -0.1) is 0 Å². The number of benzene rings is 4. The standard InChI is InChI=1S/C35H35BrFN3O5/c1-43-29-11-6-10-26(22-29)32-35(23-27-9-2-4-12-30(27)36,34(42)40-38-19-18-24-8-3-5-13-31(24)37)39-33(45-32)25-14-16-28(17-15-25)44-21-7-20-41/h2-6,8-17,22,32,38,41H,7,18-21,23H2,1H3,(H,40,42)/t32-,35-/m0/s1. The van der Waals surface area contributed by atoms with Crippen LogP contribution in [0, 0.1) is 5.82 Å². The Morgan fingerprint density at radius 1 is 1.00 bits per heavy atom. The Morgan fingerprint density at radius 3 is 2.49 bits per heavy atom. The van der Waals surface area contributed by atoms with Crippen LogP contribution in [0.1, 0.15) is 34.8 Å². The predicted molar refractivity (Wildman–Crippen MR) is 174 cm³/mol. The summed E-state index contributed by atoms with van der Waals surface area (Å²) < 4.78 is 32.8. The van der Waals surface area contributed by atoms with Gasteiger partial charge in [-0.2, -0.15) is 0 Å². The first-order valence-corrected chi connectivity index (χ1v) is 15.5. The molecule has 4 aromatic carbocycles. The number of hydrazine groups is 1. The number of halogens is 2. The van der Waals surface area contributed by atoms with Gasteiger partial charge in [-0.3, -0.25) is 10.2 Å². The van der Waals surface area contributed by atoms with Gasteiger partial charge < -0.3 is 19.3 Å². The molecule has 10 heteroatoms. The summed E-state index contributed by atoms with van der Waals surface area (Å²) >= 11 is 3.64. The summed E-state index contributed by atoms with van der Waals surface area (Å²) in [6, 6.07) is 28.9. The Bertz CT molecular complexity index is 1630. The number of nitrogens with one attached hydrogen (secondary N) is 2. The first-order chi connectivity index (χ1) is 21.9. The number of rotatable bonds is 14. The highest BCUT2D eigenvalue weighted by Gasteiger charge is 2.53. The maximum Gasteiger partial charge on any atom is 0.266 e. The molecule has 1 aliphatic heterocycles. The SMILES string of the molecule is COc1cccc([C@@H]2OC(c3ccc(OCCCO)cc3)=N[C@]2(Cc2ccccc2Br)C(=O)NNCCc2ccccc2F)c1. The molecule has 0 unspecified atom stereocenters. The average molecular weight is 677 g/mol. The fraction of sp³-hybridized carbons (Fsp3) is 0.257. The third-order valence-electron chi connectivity index (χ3n) is 7.52. The van der Waals surface area contributed by atoms with E-state index in [9.17, 15) is 9.18 Å². The van der Waals surface area contributed by atoms with Crippen LogP contribution in [-0.2, 0) is 22.4 Å². The highest BCUT2D eigenvalue weighted by Crippen LogP contribution is 2.44. The molecule has 1 amide bonds. The third kappa shape index (κ3) is 7.70. The van der Waals surface area contributed by atoms with E-state index >= 15 is 0 Å². The second-order valence-corrected chi connectivity index (χ2v) is 11.4. The summed E-state index contributed by atoms with van der Waals surface area (Å²) in [6.07, 6.45) is 0.300. The lowest BCUT2D eigenvalue weighted by Crippen LogP contribution is -2.54. The molecule has 3 N–H and O–H groups in total. The van der Waals surface area contributed by atoms with E-state index in [1.165, 1.54) is 6.07 Å². The summed E-state index contributed by atoms with van der Waals surface area (Å²) in [6.45, 7) is 0.745. The number of ether oxygens (including phenoxy) is 3. The van der Waals surface area contributed by atoms with Crippen molar-refractivity contribution in [2.24, 2.45) is 4.99 Å². The van der Waals surface area contributed by atoms with Gasteiger partial charge in [0, 0.05) is 36.0 Å². The van der Waals surface area contributed by atoms with Crippen LogP contribution in [0.25, 0.3) is 0 Å². The van der Waals surface area contributed by atoms with Crippen molar-refractivity contribution in [3.63, 3.8) is 0 Å². The molecule has 4 aromatic rings. The fourth-order valence-electron chi connectivity index (χ4n) is 5.17. The largest absolute Gasteiger partial charge is 0.497 e. The zero-order chi connectivity index (χ0) is 31.6. The zero-order valence-electron chi connectivity index (χ0n) is 24.8. The molecule has 0 saturated carbocycles. The molecule has 2 atom stereocenters. The van der Waals surface area contributed by atoms with E-state index in [1.807, 2.05) is 60.7 Å². The van der Waals surface area contributed by atoms with E-state index in [0.717, 1.165) is 10.0 Å². The van der Waals surface area contributed by atoms with Gasteiger partial charge in [0.15, 0.2) is 11.6 Å². The predicted octanol–water partition coefficient (Wildman–Crippen LogP) is 5.72. The molecule has 1 aliphatic rings. The van der Waals surface area contributed by atoms with Crippen LogP contribution in [0.2, 0.25) is 0 Å². The number of nitrogens with zero attached hydrogens (tertiary/aromatic N) is 1. The number of hydrogen-bond acceptors (Lipinski definition) is 7. The van der Waals surface area contributed by atoms with Crippen molar-refractivity contribution in [1.29, 1.82) is 0 Å². The van der Waals surface area contributed by atoms with Crippen molar-refractivity contribution < 1.29 is 28.5 Å². The molecule has 8 nitrogen and oxygen atoms in total. The Hall–Kier alpha value is -4.25. The minimum atomic E-state index is -1.44. The first kappa shape index (κ1) is 32.2. The molecular weight excluding hydrogens is 641 g/mol. The summed E-state index contributed by atoms with van der Waals surface area (Å²) in [5.74, 6) is 0.868. The Morgan fingerprint density at radius 2 is 1.76 bits per heavy atom. The van der Waals surface area contributed by atoms with Gasteiger partial charge in [0.05, 0.1) is 13.7 Å². The molecule has 45 heavy (non-hydrogen) atoms. The Labute approximate surface area is 270 Å². The molecule has 0 spiro atoms. The van der Waals surface area contributed by atoms with E-state index < -0.39 is 17.6 Å². The maximum atomic E-state index is 14.4. The lowest BCUT2D eigenvalue weighted by atomic mass is 9.82. The molecule has 5 rings (SSSR count). The van der Waals surface area contributed by atoms with Gasteiger partial charge in [0.1, 0.15) is 17.3 Å². The van der Waals surface area contributed by atoms with E-state index in [2.05, 4.69) is 26.8 Å². The number of hydrogen-bond donors (Lipinski definition) is 3. The number of carbonyl (C=O) groups is 1. The van der Waals surface area contributed by atoms with Crippen LogP contribution in [0.15, 0.2) is 107 Å². The second kappa shape index (κ2) is 15.2. The summed E-state index contributed by atoms with van der Waals surface area (Å²) in [5, 5.41) is 9.06.